The van der Waals surface area contributed by atoms with Gasteiger partial charge in [-0.15, -0.1) is 0 Å². The van der Waals surface area contributed by atoms with Gasteiger partial charge in [0, 0.05) is 17.3 Å². The third-order valence-electron chi connectivity index (χ3n) is 4.71. The van der Waals surface area contributed by atoms with E-state index in [0.29, 0.717) is 17.2 Å². The molecule has 0 aromatic rings. The summed E-state index contributed by atoms with van der Waals surface area (Å²) >= 11 is 3.57. The Morgan fingerprint density at radius 3 is 2.28 bits per heavy atom. The molecule has 104 valence electrons. The van der Waals surface area contributed by atoms with E-state index in [1.165, 1.54) is 25.7 Å². The Morgan fingerprint density at radius 2 is 1.83 bits per heavy atom. The standard InChI is InChI=1S/C15H26BrNO/c1-12(2)9-15(5-3-4-6-15)13(18)17-11-14(10-16)7-8-14/h12H,3-11H2,1-2H3,(H,17,18). The Labute approximate surface area is 119 Å². The summed E-state index contributed by atoms with van der Waals surface area (Å²) in [5.41, 5.74) is 0.337. The lowest BCUT2D eigenvalue weighted by molar-refractivity contribution is -0.132. The maximum atomic E-state index is 12.6. The molecule has 0 bridgehead atoms. The summed E-state index contributed by atoms with van der Waals surface area (Å²) in [4.78, 5) is 12.6. The molecular weight excluding hydrogens is 290 g/mol. The van der Waals surface area contributed by atoms with E-state index in [1.54, 1.807) is 0 Å². The quantitative estimate of drug-likeness (QED) is 0.740. The fraction of sp³-hybridized carbons (Fsp3) is 0.933. The van der Waals surface area contributed by atoms with E-state index in [9.17, 15) is 4.79 Å². The number of carbonyl (C=O) groups excluding carboxylic acids is 1. The minimum Gasteiger partial charge on any atom is -0.355 e. The second-order valence-electron chi connectivity index (χ2n) is 6.90. The molecule has 0 atom stereocenters. The summed E-state index contributed by atoms with van der Waals surface area (Å²) in [6, 6.07) is 0. The van der Waals surface area contributed by atoms with Crippen molar-refractivity contribution in [2.75, 3.05) is 11.9 Å². The van der Waals surface area contributed by atoms with Crippen LogP contribution in [0.25, 0.3) is 0 Å². The zero-order chi connectivity index (χ0) is 13.2. The molecule has 1 amide bonds. The molecular formula is C15H26BrNO. The summed E-state index contributed by atoms with van der Waals surface area (Å²) in [7, 11) is 0. The second-order valence-corrected chi connectivity index (χ2v) is 7.46. The number of hydrogen-bond donors (Lipinski definition) is 1. The lowest BCUT2D eigenvalue weighted by Gasteiger charge is -2.30. The normalized spacial score (nSPS) is 24.2. The van der Waals surface area contributed by atoms with Crippen molar-refractivity contribution < 1.29 is 4.79 Å². The fourth-order valence-electron chi connectivity index (χ4n) is 3.35. The Morgan fingerprint density at radius 1 is 1.22 bits per heavy atom. The third kappa shape index (κ3) is 3.09. The molecule has 2 saturated carbocycles. The Balaban J connectivity index is 1.92. The predicted octanol–water partition coefficient (Wildman–Crippen LogP) is 3.88. The number of rotatable bonds is 6. The number of nitrogens with one attached hydrogen (secondary N) is 1. The van der Waals surface area contributed by atoms with Gasteiger partial charge in [-0.25, -0.2) is 0 Å². The fourth-order valence-corrected chi connectivity index (χ4v) is 4.11. The third-order valence-corrected chi connectivity index (χ3v) is 5.90. The monoisotopic (exact) mass is 315 g/mol. The van der Waals surface area contributed by atoms with Crippen molar-refractivity contribution in [3.05, 3.63) is 0 Å². The van der Waals surface area contributed by atoms with Crippen molar-refractivity contribution in [3.8, 4) is 0 Å². The lowest BCUT2D eigenvalue weighted by atomic mass is 9.77. The first-order chi connectivity index (χ1) is 8.52. The van der Waals surface area contributed by atoms with Crippen molar-refractivity contribution in [1.29, 1.82) is 0 Å². The molecule has 2 fully saturated rings. The van der Waals surface area contributed by atoms with Gasteiger partial charge < -0.3 is 5.32 Å². The number of alkyl halides is 1. The molecule has 0 heterocycles. The number of hydrogen-bond acceptors (Lipinski definition) is 1. The van der Waals surface area contributed by atoms with Gasteiger partial charge in [-0.05, 0) is 43.4 Å². The first kappa shape index (κ1) is 14.4. The van der Waals surface area contributed by atoms with Crippen LogP contribution in [0.5, 0.6) is 0 Å². The average Bonchev–Trinajstić information content (AvgIpc) is 2.98. The smallest absolute Gasteiger partial charge is 0.226 e. The molecule has 2 nitrogen and oxygen atoms in total. The van der Waals surface area contributed by atoms with Gasteiger partial charge in [0.1, 0.15) is 0 Å². The summed E-state index contributed by atoms with van der Waals surface area (Å²) < 4.78 is 0. The maximum Gasteiger partial charge on any atom is 0.226 e. The van der Waals surface area contributed by atoms with Gasteiger partial charge >= 0.3 is 0 Å². The highest BCUT2D eigenvalue weighted by molar-refractivity contribution is 9.09. The zero-order valence-corrected chi connectivity index (χ0v) is 13.3. The molecule has 2 aliphatic rings. The van der Waals surface area contributed by atoms with Crippen molar-refractivity contribution >= 4 is 21.8 Å². The van der Waals surface area contributed by atoms with E-state index >= 15 is 0 Å². The summed E-state index contributed by atoms with van der Waals surface area (Å²) in [6.07, 6.45) is 8.22. The molecule has 18 heavy (non-hydrogen) atoms. The first-order valence-corrected chi connectivity index (χ1v) is 8.48. The predicted molar refractivity (Wildman–Crippen MR) is 78.8 cm³/mol. The topological polar surface area (TPSA) is 29.1 Å². The molecule has 2 aliphatic carbocycles. The summed E-state index contributed by atoms with van der Waals surface area (Å²) in [5, 5.41) is 4.28. The molecule has 0 spiro atoms. The van der Waals surface area contributed by atoms with Gasteiger partial charge in [0.2, 0.25) is 5.91 Å². The molecule has 1 N–H and O–H groups in total. The van der Waals surface area contributed by atoms with E-state index in [2.05, 4.69) is 35.1 Å². The van der Waals surface area contributed by atoms with Gasteiger partial charge in [0.15, 0.2) is 0 Å². The summed E-state index contributed by atoms with van der Waals surface area (Å²) in [5.74, 6) is 0.945. The Bertz CT molecular complexity index is 304. The molecule has 0 aromatic carbocycles. The number of halogens is 1. The Hall–Kier alpha value is -0.0500. The van der Waals surface area contributed by atoms with E-state index in [4.69, 9.17) is 0 Å². The van der Waals surface area contributed by atoms with Crippen molar-refractivity contribution in [2.24, 2.45) is 16.7 Å². The van der Waals surface area contributed by atoms with Gasteiger partial charge in [0.25, 0.3) is 0 Å². The molecule has 3 heteroatoms. The van der Waals surface area contributed by atoms with Crippen LogP contribution in [-0.4, -0.2) is 17.8 Å². The summed E-state index contributed by atoms with van der Waals surface area (Å²) in [6.45, 7) is 5.33. The van der Waals surface area contributed by atoms with E-state index in [1.807, 2.05) is 0 Å². The average molecular weight is 316 g/mol. The lowest BCUT2D eigenvalue weighted by Crippen LogP contribution is -2.42. The van der Waals surface area contributed by atoms with Gasteiger partial charge in [-0.3, -0.25) is 4.79 Å². The van der Waals surface area contributed by atoms with Crippen LogP contribution in [-0.2, 0) is 4.79 Å². The van der Waals surface area contributed by atoms with Crippen molar-refractivity contribution in [3.63, 3.8) is 0 Å². The van der Waals surface area contributed by atoms with Crippen LogP contribution >= 0.6 is 15.9 Å². The molecule has 0 aromatic heterocycles. The Kier molecular flexibility index (Phi) is 4.40. The van der Waals surface area contributed by atoms with Crippen LogP contribution in [0.2, 0.25) is 0 Å². The van der Waals surface area contributed by atoms with Crippen LogP contribution in [0.1, 0.15) is 58.8 Å². The largest absolute Gasteiger partial charge is 0.355 e. The van der Waals surface area contributed by atoms with Crippen molar-refractivity contribution in [1.82, 2.24) is 5.32 Å². The number of amides is 1. The van der Waals surface area contributed by atoms with Crippen LogP contribution < -0.4 is 5.32 Å². The molecule has 2 rings (SSSR count). The SMILES string of the molecule is CC(C)CC1(C(=O)NCC2(CBr)CC2)CCCC1. The highest BCUT2D eigenvalue weighted by atomic mass is 79.9. The molecule has 0 aliphatic heterocycles. The van der Waals surface area contributed by atoms with Crippen molar-refractivity contribution in [2.45, 2.75) is 58.8 Å². The first-order valence-electron chi connectivity index (χ1n) is 7.36. The molecule has 0 radical (unpaired) electrons. The van der Waals surface area contributed by atoms with Gasteiger partial charge in [-0.2, -0.15) is 0 Å². The minimum absolute atomic E-state index is 0.0451. The van der Waals surface area contributed by atoms with Crippen LogP contribution in [0, 0.1) is 16.7 Å². The second kappa shape index (κ2) is 5.52. The maximum absolute atomic E-state index is 12.6. The van der Waals surface area contributed by atoms with Gasteiger partial charge in [-0.1, -0.05) is 42.6 Å². The molecule has 0 unspecified atom stereocenters. The van der Waals surface area contributed by atoms with E-state index < -0.39 is 0 Å². The van der Waals surface area contributed by atoms with Gasteiger partial charge in [0.05, 0.1) is 0 Å². The van der Waals surface area contributed by atoms with E-state index in [-0.39, 0.29) is 5.41 Å². The molecule has 0 saturated heterocycles. The van der Waals surface area contributed by atoms with Crippen LogP contribution in [0.3, 0.4) is 0 Å². The zero-order valence-electron chi connectivity index (χ0n) is 11.7. The number of carbonyl (C=O) groups is 1. The highest BCUT2D eigenvalue weighted by Crippen LogP contribution is 2.47. The van der Waals surface area contributed by atoms with E-state index in [0.717, 1.165) is 31.1 Å². The van der Waals surface area contributed by atoms with Crippen LogP contribution in [0.15, 0.2) is 0 Å². The highest BCUT2D eigenvalue weighted by Gasteiger charge is 2.45. The van der Waals surface area contributed by atoms with Crippen LogP contribution in [0.4, 0.5) is 0 Å². The minimum atomic E-state index is -0.0451.